The van der Waals surface area contributed by atoms with Gasteiger partial charge in [-0.1, -0.05) is 30.4 Å². The van der Waals surface area contributed by atoms with Crippen LogP contribution in [0.3, 0.4) is 0 Å². The van der Waals surface area contributed by atoms with Crippen LogP contribution in [0.2, 0.25) is 0 Å². The van der Waals surface area contributed by atoms with E-state index < -0.39 is 0 Å². The average molecular weight is 313 g/mol. The minimum absolute atomic E-state index is 0.00157. The first-order valence-electron chi connectivity index (χ1n) is 8.09. The molecule has 23 heavy (non-hydrogen) atoms. The number of benzene rings is 1. The van der Waals surface area contributed by atoms with E-state index in [4.69, 9.17) is 9.47 Å². The number of carbonyl (C=O) groups excluding carboxylic acids is 1. The van der Waals surface area contributed by atoms with E-state index in [1.54, 1.807) is 0 Å². The van der Waals surface area contributed by atoms with E-state index in [0.29, 0.717) is 5.56 Å². The summed E-state index contributed by atoms with van der Waals surface area (Å²) >= 11 is 0. The van der Waals surface area contributed by atoms with Crippen LogP contribution in [-0.4, -0.2) is 48.3 Å². The fourth-order valence-electron chi connectivity index (χ4n) is 2.87. The van der Waals surface area contributed by atoms with Crippen LogP contribution in [0.15, 0.2) is 55.6 Å². The second-order valence-corrected chi connectivity index (χ2v) is 6.07. The number of epoxide rings is 2. The largest absolute Gasteiger partial charge is 0.373 e. The molecule has 0 saturated carbocycles. The first kappa shape index (κ1) is 16.0. The normalized spacial score (nSPS) is 24.3. The molecule has 1 aromatic carbocycles. The molecule has 4 unspecified atom stereocenters. The lowest BCUT2D eigenvalue weighted by Crippen LogP contribution is -2.46. The molecule has 1 amide bonds. The predicted octanol–water partition coefficient (Wildman–Crippen LogP) is 2.82. The number of amides is 1. The van der Waals surface area contributed by atoms with Crippen LogP contribution in [0.4, 0.5) is 0 Å². The molecule has 2 saturated heterocycles. The van der Waals surface area contributed by atoms with Crippen LogP contribution in [0.25, 0.3) is 0 Å². The lowest BCUT2D eigenvalue weighted by Gasteiger charge is -2.35. The van der Waals surface area contributed by atoms with Crippen molar-refractivity contribution in [1.29, 1.82) is 0 Å². The molecule has 1 aromatic rings. The molecule has 122 valence electrons. The van der Waals surface area contributed by atoms with Gasteiger partial charge in [0.25, 0.3) is 5.91 Å². The summed E-state index contributed by atoms with van der Waals surface area (Å²) in [6.45, 7) is 9.40. The van der Waals surface area contributed by atoms with Crippen molar-refractivity contribution in [1.82, 2.24) is 4.90 Å². The summed E-state index contributed by atoms with van der Waals surface area (Å²) in [4.78, 5) is 15.0. The first-order valence-corrected chi connectivity index (χ1v) is 8.09. The molecular weight excluding hydrogens is 290 g/mol. The average Bonchev–Trinajstić information content (AvgIpc) is 3.49. The SMILES string of the molecule is C=CC(CC1CO1)N(C(=O)c1ccccc1)C(C=C)CC1CO1. The summed E-state index contributed by atoms with van der Waals surface area (Å²) in [6, 6.07) is 9.21. The fraction of sp³-hybridized carbons (Fsp3) is 0.421. The Bertz CT molecular complexity index is 537. The topological polar surface area (TPSA) is 45.4 Å². The smallest absolute Gasteiger partial charge is 0.254 e. The Kier molecular flexibility index (Phi) is 4.94. The number of hydrogen-bond acceptors (Lipinski definition) is 3. The monoisotopic (exact) mass is 313 g/mol. The number of nitrogens with zero attached hydrogens (tertiary/aromatic N) is 1. The first-order chi connectivity index (χ1) is 11.2. The fourth-order valence-corrected chi connectivity index (χ4v) is 2.87. The molecule has 0 N–H and O–H groups in total. The Hall–Kier alpha value is -1.91. The summed E-state index contributed by atoms with van der Waals surface area (Å²) < 4.78 is 10.7. The molecule has 0 radical (unpaired) electrons. The van der Waals surface area contributed by atoms with Crippen molar-refractivity contribution in [2.75, 3.05) is 13.2 Å². The molecule has 2 fully saturated rings. The van der Waals surface area contributed by atoms with E-state index >= 15 is 0 Å². The highest BCUT2D eigenvalue weighted by atomic mass is 16.6. The molecular formula is C19H23NO3. The van der Waals surface area contributed by atoms with Crippen LogP contribution in [-0.2, 0) is 9.47 Å². The van der Waals surface area contributed by atoms with Crippen LogP contribution in [0, 0.1) is 0 Å². The van der Waals surface area contributed by atoms with Crippen molar-refractivity contribution in [3.05, 3.63) is 61.2 Å². The minimum Gasteiger partial charge on any atom is -0.373 e. The lowest BCUT2D eigenvalue weighted by molar-refractivity contribution is 0.0631. The summed E-state index contributed by atoms with van der Waals surface area (Å²) in [5.74, 6) is 0.00157. The molecule has 2 aliphatic heterocycles. The highest BCUT2D eigenvalue weighted by Crippen LogP contribution is 2.27. The van der Waals surface area contributed by atoms with Crippen molar-refractivity contribution in [3.8, 4) is 0 Å². The van der Waals surface area contributed by atoms with Crippen molar-refractivity contribution in [3.63, 3.8) is 0 Å². The summed E-state index contributed by atoms with van der Waals surface area (Å²) in [6.07, 6.45) is 5.69. The van der Waals surface area contributed by atoms with Gasteiger partial charge in [-0.05, 0) is 25.0 Å². The third-order valence-corrected chi connectivity index (χ3v) is 4.33. The predicted molar refractivity (Wildman–Crippen MR) is 89.3 cm³/mol. The number of hydrogen-bond donors (Lipinski definition) is 0. The van der Waals surface area contributed by atoms with Gasteiger partial charge in [0.05, 0.1) is 37.5 Å². The Morgan fingerprint density at radius 1 is 1.09 bits per heavy atom. The van der Waals surface area contributed by atoms with Gasteiger partial charge >= 0.3 is 0 Å². The number of carbonyl (C=O) groups is 1. The van der Waals surface area contributed by atoms with Crippen molar-refractivity contribution in [2.24, 2.45) is 0 Å². The van der Waals surface area contributed by atoms with E-state index in [1.807, 2.05) is 47.4 Å². The zero-order valence-corrected chi connectivity index (χ0v) is 13.3. The van der Waals surface area contributed by atoms with Crippen molar-refractivity contribution in [2.45, 2.75) is 37.1 Å². The maximum Gasteiger partial charge on any atom is 0.254 e. The number of ether oxygens (including phenoxy) is 2. The Morgan fingerprint density at radius 3 is 1.96 bits per heavy atom. The van der Waals surface area contributed by atoms with E-state index in [1.165, 1.54) is 0 Å². The molecule has 2 aliphatic rings. The van der Waals surface area contributed by atoms with Gasteiger partial charge in [0, 0.05) is 5.56 Å². The zero-order valence-electron chi connectivity index (χ0n) is 13.3. The third kappa shape index (κ3) is 4.09. The lowest BCUT2D eigenvalue weighted by atomic mass is 10.0. The second-order valence-electron chi connectivity index (χ2n) is 6.07. The van der Waals surface area contributed by atoms with Gasteiger partial charge in [-0.25, -0.2) is 0 Å². The molecule has 4 nitrogen and oxygen atoms in total. The Morgan fingerprint density at radius 2 is 1.57 bits per heavy atom. The van der Waals surface area contributed by atoms with E-state index in [2.05, 4.69) is 13.2 Å². The number of rotatable bonds is 9. The highest BCUT2D eigenvalue weighted by Gasteiger charge is 2.36. The summed E-state index contributed by atoms with van der Waals surface area (Å²) in [7, 11) is 0. The summed E-state index contributed by atoms with van der Waals surface area (Å²) in [5, 5.41) is 0. The quantitative estimate of drug-likeness (QED) is 0.520. The van der Waals surface area contributed by atoms with Crippen LogP contribution in [0.1, 0.15) is 23.2 Å². The van der Waals surface area contributed by atoms with E-state index in [0.717, 1.165) is 26.1 Å². The van der Waals surface area contributed by atoms with Crippen molar-refractivity contribution >= 4 is 5.91 Å². The molecule has 4 heteroatoms. The second kappa shape index (κ2) is 7.11. The van der Waals surface area contributed by atoms with Gasteiger partial charge in [-0.15, -0.1) is 13.2 Å². The van der Waals surface area contributed by atoms with E-state index in [9.17, 15) is 4.79 Å². The molecule has 0 spiro atoms. The van der Waals surface area contributed by atoms with Gasteiger partial charge in [0.1, 0.15) is 0 Å². The van der Waals surface area contributed by atoms with Crippen LogP contribution >= 0.6 is 0 Å². The molecule has 3 rings (SSSR count). The van der Waals surface area contributed by atoms with E-state index in [-0.39, 0.29) is 30.2 Å². The summed E-state index contributed by atoms with van der Waals surface area (Å²) in [5.41, 5.74) is 0.680. The zero-order chi connectivity index (χ0) is 16.2. The van der Waals surface area contributed by atoms with Crippen LogP contribution in [0.5, 0.6) is 0 Å². The van der Waals surface area contributed by atoms with Gasteiger partial charge < -0.3 is 14.4 Å². The maximum absolute atomic E-state index is 13.1. The van der Waals surface area contributed by atoms with Crippen molar-refractivity contribution < 1.29 is 14.3 Å². The standard InChI is InChI=1S/C19H23NO3/c1-3-15(10-17-12-22-17)20(16(4-2)11-18-13-23-18)19(21)14-8-6-5-7-9-14/h3-9,15-18H,1-2,10-13H2. The molecule has 0 aromatic heterocycles. The third-order valence-electron chi connectivity index (χ3n) is 4.33. The van der Waals surface area contributed by atoms with Gasteiger partial charge in [0.15, 0.2) is 0 Å². The van der Waals surface area contributed by atoms with Gasteiger partial charge in [-0.3, -0.25) is 4.79 Å². The van der Waals surface area contributed by atoms with Gasteiger partial charge in [-0.2, -0.15) is 0 Å². The molecule has 0 aliphatic carbocycles. The van der Waals surface area contributed by atoms with Gasteiger partial charge in [0.2, 0.25) is 0 Å². The molecule has 0 bridgehead atoms. The Labute approximate surface area is 137 Å². The maximum atomic E-state index is 13.1. The Balaban J connectivity index is 1.84. The minimum atomic E-state index is -0.0723. The van der Waals surface area contributed by atoms with Crippen LogP contribution < -0.4 is 0 Å². The molecule has 2 heterocycles. The molecule has 4 atom stereocenters. The highest BCUT2D eigenvalue weighted by molar-refractivity contribution is 5.94.